The van der Waals surface area contributed by atoms with Crippen LogP contribution >= 0.6 is 0 Å². The first-order chi connectivity index (χ1) is 8.20. The van der Waals surface area contributed by atoms with E-state index in [0.717, 1.165) is 0 Å². The minimum Gasteiger partial charge on any atom is -0.467 e. The molecule has 0 radical (unpaired) electrons. The molecule has 0 unspecified atom stereocenters. The molecule has 6 heteroatoms. The number of methoxy groups -OCH3 is 1. The molecule has 0 aliphatic carbocycles. The summed E-state index contributed by atoms with van der Waals surface area (Å²) in [6.45, 7) is 8.47. The number of amides is 1. The second kappa shape index (κ2) is 5.14. The summed E-state index contributed by atoms with van der Waals surface area (Å²) in [5, 5.41) is 3.09. The van der Waals surface area contributed by atoms with Gasteiger partial charge >= 0.3 is 12.1 Å². The van der Waals surface area contributed by atoms with Crippen molar-refractivity contribution in [3.63, 3.8) is 0 Å². The zero-order chi connectivity index (χ0) is 14.0. The minimum absolute atomic E-state index is 0.360. The van der Waals surface area contributed by atoms with Gasteiger partial charge in [-0.3, -0.25) is 4.90 Å². The number of esters is 1. The highest BCUT2D eigenvalue weighted by atomic mass is 16.6. The molecular formula is C12H22N2O4. The zero-order valence-electron chi connectivity index (χ0n) is 11.7. The number of ether oxygens (including phenoxy) is 2. The summed E-state index contributed by atoms with van der Waals surface area (Å²) in [5.74, 6) is -0.444. The Morgan fingerprint density at radius 3 is 2.44 bits per heavy atom. The van der Waals surface area contributed by atoms with E-state index in [1.54, 1.807) is 27.7 Å². The smallest absolute Gasteiger partial charge is 0.411 e. The fourth-order valence-electron chi connectivity index (χ4n) is 1.88. The van der Waals surface area contributed by atoms with Crippen molar-refractivity contribution in [3.05, 3.63) is 0 Å². The van der Waals surface area contributed by atoms with Crippen molar-refractivity contribution < 1.29 is 19.1 Å². The van der Waals surface area contributed by atoms with E-state index in [9.17, 15) is 9.59 Å². The number of carbonyl (C=O) groups excluding carboxylic acids is 2. The first-order valence-electron chi connectivity index (χ1n) is 6.00. The Labute approximate surface area is 108 Å². The van der Waals surface area contributed by atoms with Gasteiger partial charge in [0, 0.05) is 19.6 Å². The molecule has 18 heavy (non-hydrogen) atoms. The molecule has 0 saturated carbocycles. The molecule has 1 heterocycles. The third-order valence-electron chi connectivity index (χ3n) is 2.82. The van der Waals surface area contributed by atoms with E-state index >= 15 is 0 Å². The van der Waals surface area contributed by atoms with Crippen LogP contribution in [0.3, 0.4) is 0 Å². The maximum Gasteiger partial charge on any atom is 0.411 e. The van der Waals surface area contributed by atoms with Gasteiger partial charge in [-0.25, -0.2) is 9.59 Å². The van der Waals surface area contributed by atoms with Crippen LogP contribution in [-0.2, 0) is 14.3 Å². The molecule has 1 saturated heterocycles. The van der Waals surface area contributed by atoms with Crippen LogP contribution in [-0.4, -0.2) is 54.8 Å². The molecule has 0 bridgehead atoms. The molecule has 1 aliphatic heterocycles. The molecule has 1 rings (SSSR count). The summed E-state index contributed by atoms with van der Waals surface area (Å²) < 4.78 is 10.1. The van der Waals surface area contributed by atoms with E-state index < -0.39 is 23.2 Å². The molecule has 1 amide bonds. The molecule has 104 valence electrons. The molecule has 1 fully saturated rings. The van der Waals surface area contributed by atoms with Gasteiger partial charge < -0.3 is 14.8 Å². The Hall–Kier alpha value is -1.30. The lowest BCUT2D eigenvalue weighted by atomic mass is 9.98. The molecule has 0 spiro atoms. The van der Waals surface area contributed by atoms with E-state index in [1.807, 2.05) is 0 Å². The first kappa shape index (κ1) is 14.8. The van der Waals surface area contributed by atoms with Crippen LogP contribution in [0.25, 0.3) is 0 Å². The predicted octanol–water partition coefficient (Wildman–Crippen LogP) is 0.758. The summed E-state index contributed by atoms with van der Waals surface area (Å²) >= 11 is 0. The topological polar surface area (TPSA) is 67.9 Å². The quantitative estimate of drug-likeness (QED) is 0.703. The predicted molar refractivity (Wildman–Crippen MR) is 66.2 cm³/mol. The largest absolute Gasteiger partial charge is 0.467 e. The lowest BCUT2D eigenvalue weighted by Crippen LogP contribution is -2.66. The summed E-state index contributed by atoms with van der Waals surface area (Å²) in [5.41, 5.74) is -1.60. The molecule has 1 N–H and O–H groups in total. The summed E-state index contributed by atoms with van der Waals surface area (Å²) in [6.07, 6.45) is -0.489. The van der Waals surface area contributed by atoms with Gasteiger partial charge in [-0.15, -0.1) is 0 Å². The second-order valence-corrected chi connectivity index (χ2v) is 5.57. The van der Waals surface area contributed by atoms with Crippen LogP contribution in [0.15, 0.2) is 0 Å². The minimum atomic E-state index is -1.02. The number of hydrogen-bond acceptors (Lipinski definition) is 5. The van der Waals surface area contributed by atoms with Gasteiger partial charge in [-0.05, 0) is 27.7 Å². The number of nitrogens with zero attached hydrogens (tertiary/aromatic N) is 1. The maximum absolute atomic E-state index is 12.1. The van der Waals surface area contributed by atoms with Gasteiger partial charge in [0.1, 0.15) is 5.60 Å². The first-order valence-corrected chi connectivity index (χ1v) is 6.00. The number of hydrogen-bond donors (Lipinski definition) is 1. The number of rotatable bonds is 1. The van der Waals surface area contributed by atoms with Crippen LogP contribution < -0.4 is 5.32 Å². The Kier molecular flexibility index (Phi) is 4.21. The van der Waals surface area contributed by atoms with Gasteiger partial charge in [0.25, 0.3) is 0 Å². The van der Waals surface area contributed by atoms with Crippen molar-refractivity contribution in [1.82, 2.24) is 10.2 Å². The SMILES string of the molecule is COC(=O)[C@]1(C)CNCCN1C(=O)OC(C)(C)C. The van der Waals surface area contributed by atoms with E-state index in [-0.39, 0.29) is 0 Å². The van der Waals surface area contributed by atoms with Gasteiger partial charge in [0.2, 0.25) is 0 Å². The highest BCUT2D eigenvalue weighted by molar-refractivity contribution is 5.86. The summed E-state index contributed by atoms with van der Waals surface area (Å²) in [7, 11) is 1.31. The summed E-state index contributed by atoms with van der Waals surface area (Å²) in [4.78, 5) is 25.4. The molecule has 0 aromatic rings. The Bertz CT molecular complexity index is 337. The Morgan fingerprint density at radius 2 is 1.94 bits per heavy atom. The Balaban J connectivity index is 2.89. The van der Waals surface area contributed by atoms with Crippen molar-refractivity contribution in [1.29, 1.82) is 0 Å². The lowest BCUT2D eigenvalue weighted by molar-refractivity contribution is -0.154. The molecule has 6 nitrogen and oxygen atoms in total. The molecular weight excluding hydrogens is 236 g/mol. The second-order valence-electron chi connectivity index (χ2n) is 5.57. The van der Waals surface area contributed by atoms with Crippen molar-refractivity contribution in [2.75, 3.05) is 26.7 Å². The van der Waals surface area contributed by atoms with Crippen LogP contribution in [0.5, 0.6) is 0 Å². The van der Waals surface area contributed by atoms with E-state index in [4.69, 9.17) is 9.47 Å². The average Bonchev–Trinajstić information content (AvgIpc) is 2.26. The van der Waals surface area contributed by atoms with E-state index in [0.29, 0.717) is 19.6 Å². The third-order valence-corrected chi connectivity index (χ3v) is 2.82. The van der Waals surface area contributed by atoms with Crippen molar-refractivity contribution >= 4 is 12.1 Å². The van der Waals surface area contributed by atoms with Gasteiger partial charge in [-0.2, -0.15) is 0 Å². The molecule has 1 aliphatic rings. The van der Waals surface area contributed by atoms with E-state index in [2.05, 4.69) is 5.32 Å². The molecule has 0 aromatic heterocycles. The average molecular weight is 258 g/mol. The lowest BCUT2D eigenvalue weighted by Gasteiger charge is -2.42. The van der Waals surface area contributed by atoms with Crippen LogP contribution in [0, 0.1) is 0 Å². The van der Waals surface area contributed by atoms with Crippen molar-refractivity contribution in [2.45, 2.75) is 38.8 Å². The van der Waals surface area contributed by atoms with Gasteiger partial charge in [0.15, 0.2) is 5.54 Å². The third kappa shape index (κ3) is 3.13. The number of piperazine rings is 1. The van der Waals surface area contributed by atoms with Crippen LogP contribution in [0.4, 0.5) is 4.79 Å². The van der Waals surface area contributed by atoms with Crippen LogP contribution in [0.1, 0.15) is 27.7 Å². The fourth-order valence-corrected chi connectivity index (χ4v) is 1.88. The summed E-state index contributed by atoms with van der Waals surface area (Å²) in [6, 6.07) is 0. The number of nitrogens with one attached hydrogen (secondary N) is 1. The van der Waals surface area contributed by atoms with Crippen molar-refractivity contribution in [2.24, 2.45) is 0 Å². The fraction of sp³-hybridized carbons (Fsp3) is 0.833. The van der Waals surface area contributed by atoms with Crippen molar-refractivity contribution in [3.8, 4) is 0 Å². The normalized spacial score (nSPS) is 24.6. The maximum atomic E-state index is 12.1. The highest BCUT2D eigenvalue weighted by Crippen LogP contribution is 2.22. The Morgan fingerprint density at radius 1 is 1.33 bits per heavy atom. The zero-order valence-corrected chi connectivity index (χ0v) is 11.7. The highest BCUT2D eigenvalue weighted by Gasteiger charge is 2.46. The van der Waals surface area contributed by atoms with E-state index in [1.165, 1.54) is 12.0 Å². The molecule has 1 atom stereocenters. The van der Waals surface area contributed by atoms with Crippen LogP contribution in [0.2, 0.25) is 0 Å². The number of carbonyl (C=O) groups is 2. The standard InChI is InChI=1S/C12H22N2O4/c1-11(2,3)18-10(16)14-7-6-13-8-12(14,4)9(15)17-5/h13H,6-8H2,1-5H3/t12-/m0/s1. The van der Waals surface area contributed by atoms with Gasteiger partial charge in [0.05, 0.1) is 7.11 Å². The monoisotopic (exact) mass is 258 g/mol. The molecule has 0 aromatic carbocycles. The van der Waals surface area contributed by atoms with Gasteiger partial charge in [-0.1, -0.05) is 0 Å².